The summed E-state index contributed by atoms with van der Waals surface area (Å²) in [7, 11) is 0. The second-order valence-corrected chi connectivity index (χ2v) is 8.36. The van der Waals surface area contributed by atoms with Crippen LogP contribution < -0.4 is 11.1 Å². The zero-order valence-electron chi connectivity index (χ0n) is 13.1. The Labute approximate surface area is 128 Å². The number of nitrogens with two attached hydrogens (primary N) is 1. The summed E-state index contributed by atoms with van der Waals surface area (Å²) in [6, 6.07) is 7.93. The number of rotatable bonds is 3. The van der Waals surface area contributed by atoms with E-state index in [1.807, 2.05) is 24.3 Å². The third kappa shape index (κ3) is 3.48. The molecule has 1 saturated carbocycles. The summed E-state index contributed by atoms with van der Waals surface area (Å²) in [6.45, 7) is 9.99. The minimum absolute atomic E-state index is 0.0732. The molecule has 3 heteroatoms. The number of anilines is 1. The van der Waals surface area contributed by atoms with Gasteiger partial charge in [0, 0.05) is 6.54 Å². The van der Waals surface area contributed by atoms with Crippen molar-refractivity contribution in [1.29, 1.82) is 0 Å². The van der Waals surface area contributed by atoms with Crippen LogP contribution in [0.2, 0.25) is 5.02 Å². The molecule has 20 heavy (non-hydrogen) atoms. The zero-order valence-corrected chi connectivity index (χ0v) is 13.8. The molecular weight excluding hydrogens is 268 g/mol. The Morgan fingerprint density at radius 3 is 2.10 bits per heavy atom. The van der Waals surface area contributed by atoms with Crippen LogP contribution in [-0.2, 0) is 0 Å². The highest BCUT2D eigenvalue weighted by Crippen LogP contribution is 2.51. The van der Waals surface area contributed by atoms with Gasteiger partial charge in [-0.25, -0.2) is 0 Å². The van der Waals surface area contributed by atoms with Crippen LogP contribution in [0.15, 0.2) is 24.3 Å². The van der Waals surface area contributed by atoms with Crippen LogP contribution in [0.5, 0.6) is 0 Å². The maximum Gasteiger partial charge on any atom is 0.0637 e. The lowest BCUT2D eigenvalue weighted by atomic mass is 9.58. The molecule has 0 heterocycles. The molecule has 1 aliphatic carbocycles. The Hall–Kier alpha value is -0.730. The average molecular weight is 295 g/mol. The third-order valence-electron chi connectivity index (χ3n) is 4.26. The van der Waals surface area contributed by atoms with Crippen molar-refractivity contribution >= 4 is 17.3 Å². The molecule has 2 rings (SSSR count). The lowest BCUT2D eigenvalue weighted by Gasteiger charge is -2.52. The monoisotopic (exact) mass is 294 g/mol. The molecule has 0 unspecified atom stereocenters. The van der Waals surface area contributed by atoms with E-state index < -0.39 is 0 Å². The zero-order chi connectivity index (χ0) is 15.0. The summed E-state index contributed by atoms with van der Waals surface area (Å²) >= 11 is 6.30. The topological polar surface area (TPSA) is 38.0 Å². The van der Waals surface area contributed by atoms with Gasteiger partial charge in [-0.1, -0.05) is 51.4 Å². The first-order valence-corrected chi connectivity index (χ1v) is 7.78. The number of nitrogens with one attached hydrogen (secondary N) is 1. The first-order chi connectivity index (χ1) is 9.17. The highest BCUT2D eigenvalue weighted by Gasteiger charge is 2.46. The van der Waals surface area contributed by atoms with E-state index >= 15 is 0 Å². The van der Waals surface area contributed by atoms with E-state index in [0.29, 0.717) is 6.54 Å². The Morgan fingerprint density at radius 1 is 1.05 bits per heavy atom. The first kappa shape index (κ1) is 15.7. The van der Waals surface area contributed by atoms with Gasteiger partial charge < -0.3 is 11.1 Å². The summed E-state index contributed by atoms with van der Waals surface area (Å²) in [5.41, 5.74) is 7.67. The van der Waals surface area contributed by atoms with Crippen LogP contribution in [0.25, 0.3) is 0 Å². The first-order valence-electron chi connectivity index (χ1n) is 7.40. The van der Waals surface area contributed by atoms with Crippen LogP contribution in [0, 0.1) is 10.8 Å². The summed E-state index contributed by atoms with van der Waals surface area (Å²) in [4.78, 5) is 0. The summed E-state index contributed by atoms with van der Waals surface area (Å²) < 4.78 is 0. The Balaban J connectivity index is 2.31. The lowest BCUT2D eigenvalue weighted by molar-refractivity contribution is 0.0623. The minimum atomic E-state index is -0.0732. The van der Waals surface area contributed by atoms with E-state index in [4.69, 9.17) is 17.3 Å². The molecule has 0 atom stereocenters. The molecule has 0 bridgehead atoms. The number of halogens is 1. The van der Waals surface area contributed by atoms with Gasteiger partial charge in [-0.05, 0) is 42.2 Å². The van der Waals surface area contributed by atoms with E-state index in [9.17, 15) is 0 Å². The largest absolute Gasteiger partial charge is 0.377 e. The van der Waals surface area contributed by atoms with Crippen molar-refractivity contribution in [1.82, 2.24) is 0 Å². The fourth-order valence-corrected chi connectivity index (χ4v) is 4.63. The van der Waals surface area contributed by atoms with Crippen LogP contribution in [0.3, 0.4) is 0 Å². The van der Waals surface area contributed by atoms with Crippen molar-refractivity contribution in [2.45, 2.75) is 52.5 Å². The van der Waals surface area contributed by atoms with Crippen LogP contribution in [0.1, 0.15) is 47.0 Å². The number of para-hydroxylation sites is 1. The van der Waals surface area contributed by atoms with E-state index in [2.05, 4.69) is 33.0 Å². The Kier molecular flexibility index (Phi) is 4.10. The van der Waals surface area contributed by atoms with Gasteiger partial charge in [0.1, 0.15) is 0 Å². The number of hydrogen-bond donors (Lipinski definition) is 2. The standard InChI is InChI=1S/C17H27ClN2/c1-15(2)9-16(3,4)11-17(10-15,12-19)20-14-8-6-5-7-13(14)18/h5-8,20H,9-12,19H2,1-4H3. The van der Waals surface area contributed by atoms with Gasteiger partial charge in [0.25, 0.3) is 0 Å². The molecule has 3 N–H and O–H groups in total. The predicted octanol–water partition coefficient (Wildman–Crippen LogP) is 4.69. The molecule has 0 spiro atoms. The van der Waals surface area contributed by atoms with Gasteiger partial charge in [0.15, 0.2) is 0 Å². The van der Waals surface area contributed by atoms with Gasteiger partial charge in [0.2, 0.25) is 0 Å². The smallest absolute Gasteiger partial charge is 0.0637 e. The predicted molar refractivity (Wildman–Crippen MR) is 88.3 cm³/mol. The SMILES string of the molecule is CC1(C)CC(C)(C)CC(CN)(Nc2ccccc2Cl)C1. The molecule has 0 aliphatic heterocycles. The van der Waals surface area contributed by atoms with E-state index in [1.54, 1.807) is 0 Å². The fourth-order valence-electron chi connectivity index (χ4n) is 4.45. The van der Waals surface area contributed by atoms with Gasteiger partial charge in [-0.15, -0.1) is 0 Å². The van der Waals surface area contributed by atoms with Crippen molar-refractivity contribution in [3.8, 4) is 0 Å². The fraction of sp³-hybridized carbons (Fsp3) is 0.647. The maximum atomic E-state index is 6.30. The second-order valence-electron chi connectivity index (χ2n) is 7.95. The van der Waals surface area contributed by atoms with Crippen LogP contribution in [0.4, 0.5) is 5.69 Å². The highest BCUT2D eigenvalue weighted by atomic mass is 35.5. The third-order valence-corrected chi connectivity index (χ3v) is 4.59. The molecule has 0 amide bonds. The van der Waals surface area contributed by atoms with Gasteiger partial charge in [-0.3, -0.25) is 0 Å². The minimum Gasteiger partial charge on any atom is -0.377 e. The summed E-state index contributed by atoms with van der Waals surface area (Å²) in [6.07, 6.45) is 3.38. The summed E-state index contributed by atoms with van der Waals surface area (Å²) in [5.74, 6) is 0. The highest BCUT2D eigenvalue weighted by molar-refractivity contribution is 6.33. The molecule has 1 aromatic carbocycles. The Morgan fingerprint density at radius 2 is 1.60 bits per heavy atom. The quantitative estimate of drug-likeness (QED) is 0.849. The average Bonchev–Trinajstić information content (AvgIpc) is 2.28. The molecule has 2 nitrogen and oxygen atoms in total. The normalized spacial score (nSPS) is 23.3. The van der Waals surface area contributed by atoms with Gasteiger partial charge >= 0.3 is 0 Å². The van der Waals surface area contributed by atoms with Crippen molar-refractivity contribution in [3.05, 3.63) is 29.3 Å². The molecule has 0 aromatic heterocycles. The molecule has 1 aliphatic rings. The lowest BCUT2D eigenvalue weighted by Crippen LogP contribution is -2.55. The van der Waals surface area contributed by atoms with E-state index in [0.717, 1.165) is 23.6 Å². The van der Waals surface area contributed by atoms with Crippen LogP contribution in [-0.4, -0.2) is 12.1 Å². The number of benzene rings is 1. The molecular formula is C17H27ClN2. The van der Waals surface area contributed by atoms with Crippen LogP contribution >= 0.6 is 11.6 Å². The maximum absolute atomic E-state index is 6.30. The van der Waals surface area contributed by atoms with Gasteiger partial charge in [0.05, 0.1) is 16.2 Å². The van der Waals surface area contributed by atoms with Crippen molar-refractivity contribution in [3.63, 3.8) is 0 Å². The molecule has 0 radical (unpaired) electrons. The summed E-state index contributed by atoms with van der Waals surface area (Å²) in [5, 5.41) is 4.43. The van der Waals surface area contributed by atoms with E-state index in [1.165, 1.54) is 6.42 Å². The Bertz CT molecular complexity index is 464. The van der Waals surface area contributed by atoms with E-state index in [-0.39, 0.29) is 16.4 Å². The second kappa shape index (κ2) is 5.23. The molecule has 1 fully saturated rings. The number of hydrogen-bond acceptors (Lipinski definition) is 2. The van der Waals surface area contributed by atoms with Gasteiger partial charge in [-0.2, -0.15) is 0 Å². The van der Waals surface area contributed by atoms with Crippen molar-refractivity contribution in [2.75, 3.05) is 11.9 Å². The molecule has 0 saturated heterocycles. The van der Waals surface area contributed by atoms with Crippen molar-refractivity contribution in [2.24, 2.45) is 16.6 Å². The molecule has 112 valence electrons. The molecule has 1 aromatic rings. The van der Waals surface area contributed by atoms with Crippen molar-refractivity contribution < 1.29 is 0 Å².